The van der Waals surface area contributed by atoms with Gasteiger partial charge in [0.1, 0.15) is 0 Å². The highest BCUT2D eigenvalue weighted by atomic mass is 15.0. The van der Waals surface area contributed by atoms with Crippen LogP contribution < -0.4 is 0 Å². The number of nitrogens with zero attached hydrogens (tertiary/aromatic N) is 8. The van der Waals surface area contributed by atoms with Gasteiger partial charge in [-0.3, -0.25) is 9.97 Å². The molecular weight excluding hydrogens is 809 g/mol. The van der Waals surface area contributed by atoms with Gasteiger partial charge in [-0.05, 0) is 57.6 Å². The van der Waals surface area contributed by atoms with Crippen LogP contribution in [-0.2, 0) is 0 Å². The van der Waals surface area contributed by atoms with Gasteiger partial charge in [-0.1, -0.05) is 182 Å². The summed E-state index contributed by atoms with van der Waals surface area (Å²) < 4.78 is 0. The van der Waals surface area contributed by atoms with Crippen LogP contribution in [0.1, 0.15) is 0 Å². The molecule has 11 aromatic rings. The van der Waals surface area contributed by atoms with Crippen molar-refractivity contribution in [3.8, 4) is 113 Å². The lowest BCUT2D eigenvalue weighted by Crippen LogP contribution is -2.02. The standard InChI is InChI=1S/C58H38N8/c1-4-17-39(18-5-1)53-61-54(40-19-6-2-7-20-40)63-56(62-53)45-26-13-24-43(36-45)52-48(47-28-16-34-60-38-47)31-14-32-50(52)49-29-10-11-30-51(49)58-65-55(41-21-8-3-9-22-41)64-57(66-58)44-25-12-23-42(35-44)46-27-15-33-59-37-46/h1-38H. The fourth-order valence-corrected chi connectivity index (χ4v) is 8.23. The van der Waals surface area contributed by atoms with E-state index in [1.165, 1.54) is 0 Å². The summed E-state index contributed by atoms with van der Waals surface area (Å²) in [6.07, 6.45) is 7.35. The van der Waals surface area contributed by atoms with Crippen LogP contribution in [0.2, 0.25) is 0 Å². The Morgan fingerprint density at radius 2 is 0.576 bits per heavy atom. The van der Waals surface area contributed by atoms with Crippen molar-refractivity contribution in [2.45, 2.75) is 0 Å². The van der Waals surface area contributed by atoms with Crippen molar-refractivity contribution in [2.75, 3.05) is 0 Å². The van der Waals surface area contributed by atoms with Gasteiger partial charge in [-0.15, -0.1) is 0 Å². The molecule has 0 saturated heterocycles. The third-order valence-corrected chi connectivity index (χ3v) is 11.4. The first-order chi connectivity index (χ1) is 32.7. The molecule has 8 heteroatoms. The maximum atomic E-state index is 5.25. The summed E-state index contributed by atoms with van der Waals surface area (Å²) in [6, 6.07) is 69.7. The molecule has 7 aromatic carbocycles. The van der Waals surface area contributed by atoms with E-state index in [0.29, 0.717) is 34.9 Å². The lowest BCUT2D eigenvalue weighted by molar-refractivity contribution is 1.07. The summed E-state index contributed by atoms with van der Waals surface area (Å²) in [7, 11) is 0. The highest BCUT2D eigenvalue weighted by molar-refractivity contribution is 5.98. The number of benzene rings is 7. The van der Waals surface area contributed by atoms with Gasteiger partial charge in [-0.25, -0.2) is 29.9 Å². The van der Waals surface area contributed by atoms with Crippen molar-refractivity contribution in [1.29, 1.82) is 0 Å². The molecule has 0 bridgehead atoms. The Bertz CT molecular complexity index is 3400. The number of hydrogen-bond donors (Lipinski definition) is 0. The molecule has 0 unspecified atom stereocenters. The smallest absolute Gasteiger partial charge is 0.164 e. The SMILES string of the molecule is c1ccc(-c2nc(-c3ccccc3)nc(-c3cccc(-c4c(-c5cccnc5)cccc4-c4ccccc4-c4nc(-c5ccccc5)nc(-c5cccc(-c6cccnc6)c5)n4)c3)n2)cc1. The van der Waals surface area contributed by atoms with Crippen LogP contribution >= 0.6 is 0 Å². The Balaban J connectivity index is 1.10. The van der Waals surface area contributed by atoms with Crippen LogP contribution in [0, 0.1) is 0 Å². The molecule has 310 valence electrons. The zero-order valence-corrected chi connectivity index (χ0v) is 35.5. The maximum absolute atomic E-state index is 5.25. The summed E-state index contributed by atoms with van der Waals surface area (Å²) in [5.41, 5.74) is 13.3. The van der Waals surface area contributed by atoms with Crippen LogP contribution in [-0.4, -0.2) is 39.9 Å². The highest BCUT2D eigenvalue weighted by Gasteiger charge is 2.21. The van der Waals surface area contributed by atoms with Gasteiger partial charge < -0.3 is 0 Å². The first-order valence-corrected chi connectivity index (χ1v) is 21.7. The van der Waals surface area contributed by atoms with Crippen LogP contribution in [0.3, 0.4) is 0 Å². The van der Waals surface area contributed by atoms with Gasteiger partial charge in [0.05, 0.1) is 0 Å². The van der Waals surface area contributed by atoms with Gasteiger partial charge in [0.15, 0.2) is 34.9 Å². The summed E-state index contributed by atoms with van der Waals surface area (Å²) >= 11 is 0. The normalized spacial score (nSPS) is 11.0. The predicted molar refractivity (Wildman–Crippen MR) is 263 cm³/mol. The number of hydrogen-bond acceptors (Lipinski definition) is 8. The van der Waals surface area contributed by atoms with Gasteiger partial charge in [-0.2, -0.15) is 0 Å². The molecule has 0 radical (unpaired) electrons. The molecule has 0 aliphatic carbocycles. The molecule has 4 aromatic heterocycles. The summed E-state index contributed by atoms with van der Waals surface area (Å²) in [4.78, 5) is 39.6. The van der Waals surface area contributed by atoms with E-state index < -0.39 is 0 Å². The van der Waals surface area contributed by atoms with Crippen molar-refractivity contribution in [1.82, 2.24) is 39.9 Å². The molecule has 0 saturated carbocycles. The number of rotatable bonds is 10. The van der Waals surface area contributed by atoms with Crippen molar-refractivity contribution in [2.24, 2.45) is 0 Å². The van der Waals surface area contributed by atoms with Gasteiger partial charge >= 0.3 is 0 Å². The molecule has 4 heterocycles. The quantitative estimate of drug-likeness (QED) is 0.134. The Hall–Kier alpha value is -9.14. The summed E-state index contributed by atoms with van der Waals surface area (Å²) in [6.45, 7) is 0. The van der Waals surface area contributed by atoms with Crippen molar-refractivity contribution >= 4 is 0 Å². The van der Waals surface area contributed by atoms with Crippen LogP contribution in [0.25, 0.3) is 113 Å². The minimum absolute atomic E-state index is 0.555. The fraction of sp³-hybridized carbons (Fsp3) is 0. The van der Waals surface area contributed by atoms with Crippen molar-refractivity contribution < 1.29 is 0 Å². The Kier molecular flexibility index (Phi) is 10.8. The van der Waals surface area contributed by atoms with Gasteiger partial charge in [0.25, 0.3) is 0 Å². The van der Waals surface area contributed by atoms with E-state index in [-0.39, 0.29) is 0 Å². The number of aromatic nitrogens is 8. The molecule has 66 heavy (non-hydrogen) atoms. The molecular formula is C58H38N8. The second kappa shape index (κ2) is 17.9. The second-order valence-corrected chi connectivity index (χ2v) is 15.6. The fourth-order valence-electron chi connectivity index (χ4n) is 8.23. The monoisotopic (exact) mass is 846 g/mol. The molecule has 0 atom stereocenters. The van der Waals surface area contributed by atoms with E-state index in [4.69, 9.17) is 29.9 Å². The lowest BCUT2D eigenvalue weighted by atomic mass is 9.86. The van der Waals surface area contributed by atoms with Crippen LogP contribution in [0.15, 0.2) is 231 Å². The number of pyridine rings is 2. The third kappa shape index (κ3) is 8.14. The van der Waals surface area contributed by atoms with Gasteiger partial charge in [0.2, 0.25) is 0 Å². The highest BCUT2D eigenvalue weighted by Crippen LogP contribution is 2.44. The van der Waals surface area contributed by atoms with E-state index in [9.17, 15) is 0 Å². The van der Waals surface area contributed by atoms with E-state index in [0.717, 1.165) is 77.9 Å². The third-order valence-electron chi connectivity index (χ3n) is 11.4. The zero-order chi connectivity index (χ0) is 44.1. The van der Waals surface area contributed by atoms with Crippen molar-refractivity contribution in [3.63, 3.8) is 0 Å². The maximum Gasteiger partial charge on any atom is 0.164 e. The van der Waals surface area contributed by atoms with Crippen LogP contribution in [0.4, 0.5) is 0 Å². The van der Waals surface area contributed by atoms with E-state index in [1.54, 1.807) is 12.4 Å². The predicted octanol–water partition coefficient (Wildman–Crippen LogP) is 13.5. The van der Waals surface area contributed by atoms with Crippen molar-refractivity contribution in [3.05, 3.63) is 231 Å². The van der Waals surface area contributed by atoms with E-state index in [1.807, 2.05) is 134 Å². The average Bonchev–Trinajstić information content (AvgIpc) is 3.41. The second-order valence-electron chi connectivity index (χ2n) is 15.6. The molecule has 0 aliphatic heterocycles. The van der Waals surface area contributed by atoms with Gasteiger partial charge in [0, 0.05) is 69.3 Å². The minimum atomic E-state index is 0.555. The lowest BCUT2D eigenvalue weighted by Gasteiger charge is -2.19. The van der Waals surface area contributed by atoms with E-state index in [2.05, 4.69) is 94.9 Å². The molecule has 0 spiro atoms. The van der Waals surface area contributed by atoms with Crippen LogP contribution in [0.5, 0.6) is 0 Å². The molecule has 0 fully saturated rings. The molecule has 0 N–H and O–H groups in total. The summed E-state index contributed by atoms with van der Waals surface area (Å²) in [5.74, 6) is 3.48. The molecule has 0 amide bonds. The largest absolute Gasteiger partial charge is 0.264 e. The minimum Gasteiger partial charge on any atom is -0.264 e. The van der Waals surface area contributed by atoms with E-state index >= 15 is 0 Å². The Morgan fingerprint density at radius 1 is 0.212 bits per heavy atom. The topological polar surface area (TPSA) is 103 Å². The summed E-state index contributed by atoms with van der Waals surface area (Å²) in [5, 5.41) is 0. The average molecular weight is 847 g/mol. The Morgan fingerprint density at radius 3 is 1.11 bits per heavy atom. The molecule has 0 aliphatic rings. The molecule has 8 nitrogen and oxygen atoms in total. The first-order valence-electron chi connectivity index (χ1n) is 21.7. The molecule has 11 rings (SSSR count). The Labute approximate surface area is 382 Å². The zero-order valence-electron chi connectivity index (χ0n) is 35.5. The first kappa shape index (κ1) is 39.7.